The molecule has 1 unspecified atom stereocenters. The van der Waals surface area contributed by atoms with Crippen molar-refractivity contribution in [1.82, 2.24) is 10.7 Å². The number of hydrogen-bond acceptors (Lipinski definition) is 4. The van der Waals surface area contributed by atoms with Crippen LogP contribution in [-0.2, 0) is 14.3 Å². The van der Waals surface area contributed by atoms with E-state index in [9.17, 15) is 9.59 Å². The van der Waals surface area contributed by atoms with Crippen molar-refractivity contribution in [3.63, 3.8) is 0 Å². The van der Waals surface area contributed by atoms with Crippen LogP contribution in [0.3, 0.4) is 0 Å². The maximum Gasteiger partial charge on any atom is 0.267 e. The van der Waals surface area contributed by atoms with E-state index in [-0.39, 0.29) is 17.4 Å². The topological polar surface area (TPSA) is 79.8 Å². The highest BCUT2D eigenvalue weighted by Gasteiger charge is 2.30. The highest BCUT2D eigenvalue weighted by molar-refractivity contribution is 6.39. The fourth-order valence-electron chi connectivity index (χ4n) is 1.98. The Labute approximate surface area is 99.8 Å². The highest BCUT2D eigenvalue weighted by atomic mass is 16.5. The number of rotatable bonds is 3. The number of amides is 2. The first-order chi connectivity index (χ1) is 8.09. The Balaban J connectivity index is 1.83. The van der Waals surface area contributed by atoms with E-state index in [0.29, 0.717) is 25.1 Å². The molecule has 2 amide bonds. The average Bonchev–Trinajstić information content (AvgIpc) is 2.75. The van der Waals surface area contributed by atoms with Crippen LogP contribution in [0.1, 0.15) is 32.6 Å². The predicted octanol–water partition coefficient (Wildman–Crippen LogP) is -0.0623. The van der Waals surface area contributed by atoms with Gasteiger partial charge in [0.25, 0.3) is 5.91 Å². The van der Waals surface area contributed by atoms with Gasteiger partial charge in [-0.1, -0.05) is 0 Å². The summed E-state index contributed by atoms with van der Waals surface area (Å²) in [7, 11) is 0. The minimum atomic E-state index is -0.256. The summed E-state index contributed by atoms with van der Waals surface area (Å²) in [5, 5.41) is 6.55. The van der Waals surface area contributed by atoms with Gasteiger partial charge < -0.3 is 10.1 Å². The number of hydrazone groups is 1. The molecule has 0 saturated carbocycles. The molecule has 2 aliphatic rings. The molecule has 1 saturated heterocycles. The SMILES string of the molecule is CC1(CNC(=O)C2=NNC(=O)CC2)CCCO1. The lowest BCUT2D eigenvalue weighted by Gasteiger charge is -2.23. The zero-order valence-electron chi connectivity index (χ0n) is 9.91. The van der Waals surface area contributed by atoms with Crippen LogP contribution >= 0.6 is 0 Å². The number of ether oxygens (including phenoxy) is 1. The lowest BCUT2D eigenvalue weighted by Crippen LogP contribution is -2.44. The maximum absolute atomic E-state index is 11.8. The quantitative estimate of drug-likeness (QED) is 0.724. The fourth-order valence-corrected chi connectivity index (χ4v) is 1.98. The van der Waals surface area contributed by atoms with E-state index in [0.717, 1.165) is 19.4 Å². The summed E-state index contributed by atoms with van der Waals surface area (Å²) in [4.78, 5) is 22.6. The van der Waals surface area contributed by atoms with Gasteiger partial charge in [-0.3, -0.25) is 9.59 Å². The summed E-state index contributed by atoms with van der Waals surface area (Å²) in [5.41, 5.74) is 2.43. The number of carbonyl (C=O) groups excluding carboxylic acids is 2. The first-order valence-electron chi connectivity index (χ1n) is 5.87. The van der Waals surface area contributed by atoms with Crippen LogP contribution < -0.4 is 10.7 Å². The molecule has 2 N–H and O–H groups in total. The van der Waals surface area contributed by atoms with E-state index < -0.39 is 0 Å². The predicted molar refractivity (Wildman–Crippen MR) is 61.4 cm³/mol. The van der Waals surface area contributed by atoms with E-state index in [1.165, 1.54) is 0 Å². The van der Waals surface area contributed by atoms with Gasteiger partial charge in [0, 0.05) is 26.0 Å². The summed E-state index contributed by atoms with van der Waals surface area (Å²) in [6.07, 6.45) is 2.70. The minimum Gasteiger partial charge on any atom is -0.373 e. The molecule has 2 aliphatic heterocycles. The molecule has 0 aromatic rings. The third-order valence-electron chi connectivity index (χ3n) is 3.09. The summed E-state index contributed by atoms with van der Waals surface area (Å²) < 4.78 is 5.57. The summed E-state index contributed by atoms with van der Waals surface area (Å²) >= 11 is 0. The average molecular weight is 239 g/mol. The van der Waals surface area contributed by atoms with Gasteiger partial charge >= 0.3 is 0 Å². The van der Waals surface area contributed by atoms with E-state index in [1.807, 2.05) is 6.92 Å². The highest BCUT2D eigenvalue weighted by Crippen LogP contribution is 2.23. The fraction of sp³-hybridized carbons (Fsp3) is 0.727. The van der Waals surface area contributed by atoms with E-state index >= 15 is 0 Å². The molecular formula is C11H17N3O3. The Morgan fingerprint density at radius 3 is 3.00 bits per heavy atom. The van der Waals surface area contributed by atoms with Crippen LogP contribution in [0.2, 0.25) is 0 Å². The summed E-state index contributed by atoms with van der Waals surface area (Å²) in [6.45, 7) is 3.23. The van der Waals surface area contributed by atoms with Crippen molar-refractivity contribution in [1.29, 1.82) is 0 Å². The van der Waals surface area contributed by atoms with Gasteiger partial charge in [-0.15, -0.1) is 0 Å². The van der Waals surface area contributed by atoms with Crippen molar-refractivity contribution in [3.05, 3.63) is 0 Å². The number of nitrogens with one attached hydrogen (secondary N) is 2. The molecule has 6 heteroatoms. The van der Waals surface area contributed by atoms with Crippen LogP contribution in [0.5, 0.6) is 0 Å². The molecule has 0 aliphatic carbocycles. The normalized spacial score (nSPS) is 28.5. The van der Waals surface area contributed by atoms with Gasteiger partial charge in [0.15, 0.2) is 0 Å². The molecule has 2 heterocycles. The van der Waals surface area contributed by atoms with Crippen LogP contribution in [0.15, 0.2) is 5.10 Å². The second kappa shape index (κ2) is 4.83. The van der Waals surface area contributed by atoms with Gasteiger partial charge in [0.1, 0.15) is 5.71 Å². The molecule has 0 aromatic carbocycles. The van der Waals surface area contributed by atoms with Crippen molar-refractivity contribution in [2.24, 2.45) is 5.10 Å². The Kier molecular flexibility index (Phi) is 3.42. The van der Waals surface area contributed by atoms with Crippen molar-refractivity contribution in [2.75, 3.05) is 13.2 Å². The first kappa shape index (κ1) is 12.0. The van der Waals surface area contributed by atoms with Gasteiger partial charge in [0.2, 0.25) is 5.91 Å². The zero-order chi connectivity index (χ0) is 12.3. The molecule has 17 heavy (non-hydrogen) atoms. The van der Waals surface area contributed by atoms with Crippen molar-refractivity contribution in [3.8, 4) is 0 Å². The molecule has 6 nitrogen and oxygen atoms in total. The lowest BCUT2D eigenvalue weighted by atomic mass is 10.0. The number of nitrogens with zero attached hydrogens (tertiary/aromatic N) is 1. The second-order valence-corrected chi connectivity index (χ2v) is 4.68. The molecular weight excluding hydrogens is 222 g/mol. The largest absolute Gasteiger partial charge is 0.373 e. The van der Waals surface area contributed by atoms with Crippen LogP contribution in [-0.4, -0.2) is 36.3 Å². The molecule has 94 valence electrons. The van der Waals surface area contributed by atoms with Crippen molar-refractivity contribution < 1.29 is 14.3 Å². The molecule has 0 aromatic heterocycles. The monoisotopic (exact) mass is 239 g/mol. The lowest BCUT2D eigenvalue weighted by molar-refractivity contribution is -0.121. The van der Waals surface area contributed by atoms with Gasteiger partial charge in [-0.05, 0) is 19.8 Å². The summed E-state index contributed by atoms with van der Waals surface area (Å²) in [6, 6.07) is 0. The molecule has 2 rings (SSSR count). The molecule has 0 spiro atoms. The van der Waals surface area contributed by atoms with Gasteiger partial charge in [-0.2, -0.15) is 5.10 Å². The Bertz CT molecular complexity index is 359. The number of carbonyl (C=O) groups is 2. The van der Waals surface area contributed by atoms with Gasteiger partial charge in [0.05, 0.1) is 5.60 Å². The van der Waals surface area contributed by atoms with Crippen LogP contribution in [0, 0.1) is 0 Å². The first-order valence-corrected chi connectivity index (χ1v) is 5.87. The van der Waals surface area contributed by atoms with Crippen LogP contribution in [0.4, 0.5) is 0 Å². The number of hydrogen-bond donors (Lipinski definition) is 2. The Hall–Kier alpha value is -1.43. The van der Waals surface area contributed by atoms with Crippen molar-refractivity contribution in [2.45, 2.75) is 38.2 Å². The smallest absolute Gasteiger partial charge is 0.267 e. The Morgan fingerprint density at radius 1 is 1.59 bits per heavy atom. The van der Waals surface area contributed by atoms with Gasteiger partial charge in [-0.25, -0.2) is 5.43 Å². The van der Waals surface area contributed by atoms with E-state index in [1.54, 1.807) is 0 Å². The molecule has 1 fully saturated rings. The molecule has 1 atom stereocenters. The zero-order valence-corrected chi connectivity index (χ0v) is 9.91. The standard InChI is InChI=1S/C11H17N3O3/c1-11(5-2-6-17-11)7-12-10(16)8-3-4-9(15)14-13-8/h2-7H2,1H3,(H,12,16)(H,14,15). The second-order valence-electron chi connectivity index (χ2n) is 4.68. The minimum absolute atomic E-state index is 0.146. The van der Waals surface area contributed by atoms with Crippen LogP contribution in [0.25, 0.3) is 0 Å². The molecule has 0 radical (unpaired) electrons. The Morgan fingerprint density at radius 2 is 2.41 bits per heavy atom. The third-order valence-corrected chi connectivity index (χ3v) is 3.09. The van der Waals surface area contributed by atoms with E-state index in [2.05, 4.69) is 15.8 Å². The van der Waals surface area contributed by atoms with Crippen molar-refractivity contribution >= 4 is 17.5 Å². The third kappa shape index (κ3) is 3.03. The molecule has 0 bridgehead atoms. The summed E-state index contributed by atoms with van der Waals surface area (Å²) in [5.74, 6) is -0.366. The van der Waals surface area contributed by atoms with E-state index in [4.69, 9.17) is 4.74 Å². The maximum atomic E-state index is 11.8.